The molecule has 0 unspecified atom stereocenters. The van der Waals surface area contributed by atoms with Crippen LogP contribution in [0.2, 0.25) is 0 Å². The topological polar surface area (TPSA) is 59.4 Å². The summed E-state index contributed by atoms with van der Waals surface area (Å²) in [4.78, 5) is 13.8. The van der Waals surface area contributed by atoms with Crippen molar-refractivity contribution in [1.82, 2.24) is 4.98 Å². The van der Waals surface area contributed by atoms with Crippen LogP contribution in [0.15, 0.2) is 24.5 Å². The maximum Gasteiger partial charge on any atom is 0.341 e. The first-order valence-electron chi connectivity index (χ1n) is 3.03. The number of hydrogen-bond acceptors (Lipinski definition) is 3. The van der Waals surface area contributed by atoms with E-state index in [9.17, 15) is 4.79 Å². The molecular weight excluding hydrogens is 146 g/mol. The number of nitrogens with zero attached hydrogens (tertiary/aromatic N) is 1. The predicted molar refractivity (Wildman–Crippen MR) is 37.4 cm³/mol. The molecule has 0 radical (unpaired) electrons. The highest BCUT2D eigenvalue weighted by atomic mass is 16.5. The molecule has 0 saturated carbocycles. The average molecular weight is 153 g/mol. The van der Waals surface area contributed by atoms with Crippen LogP contribution in [0.25, 0.3) is 0 Å². The van der Waals surface area contributed by atoms with Crippen molar-refractivity contribution in [2.24, 2.45) is 0 Å². The van der Waals surface area contributed by atoms with Crippen LogP contribution < -0.4 is 4.74 Å². The van der Waals surface area contributed by atoms with E-state index in [1.54, 1.807) is 12.1 Å². The summed E-state index contributed by atoms with van der Waals surface area (Å²) in [5.41, 5.74) is 0. The Kier molecular flexibility index (Phi) is 2.43. The second kappa shape index (κ2) is 3.55. The smallest absolute Gasteiger partial charge is 0.341 e. The average Bonchev–Trinajstić information content (AvgIpc) is 2.03. The van der Waals surface area contributed by atoms with Gasteiger partial charge in [-0.05, 0) is 12.1 Å². The predicted octanol–water partition coefficient (Wildman–Crippen LogP) is 0.545. The lowest BCUT2D eigenvalue weighted by atomic mass is 10.4. The van der Waals surface area contributed by atoms with Crippen molar-refractivity contribution < 1.29 is 14.6 Å². The zero-order chi connectivity index (χ0) is 8.10. The van der Waals surface area contributed by atoms with E-state index in [1.807, 2.05) is 0 Å². The van der Waals surface area contributed by atoms with Gasteiger partial charge in [-0.3, -0.25) is 4.98 Å². The zero-order valence-electron chi connectivity index (χ0n) is 5.73. The van der Waals surface area contributed by atoms with Crippen LogP contribution in [0.3, 0.4) is 0 Å². The van der Waals surface area contributed by atoms with Crippen molar-refractivity contribution in [2.45, 2.75) is 0 Å². The largest absolute Gasteiger partial charge is 0.482 e. The summed E-state index contributed by atoms with van der Waals surface area (Å²) in [5, 5.41) is 8.23. The number of carbonyl (C=O) groups is 1. The molecule has 0 aromatic carbocycles. The quantitative estimate of drug-likeness (QED) is 0.688. The molecule has 0 bridgehead atoms. The molecule has 1 N–H and O–H groups in total. The van der Waals surface area contributed by atoms with Gasteiger partial charge in [0.25, 0.3) is 0 Å². The van der Waals surface area contributed by atoms with Gasteiger partial charge in [-0.15, -0.1) is 0 Å². The van der Waals surface area contributed by atoms with Crippen molar-refractivity contribution in [3.63, 3.8) is 0 Å². The fourth-order valence-corrected chi connectivity index (χ4v) is 0.580. The molecule has 0 spiro atoms. The Balaban J connectivity index is 2.45. The molecule has 0 saturated heterocycles. The van der Waals surface area contributed by atoms with Crippen LogP contribution in [0.4, 0.5) is 0 Å². The van der Waals surface area contributed by atoms with E-state index in [0.717, 1.165) is 0 Å². The standard InChI is InChI=1S/C7H7NO3/c9-7(10)5-11-6-1-3-8-4-2-6/h1-4H,5H2,(H,9,10). The zero-order valence-corrected chi connectivity index (χ0v) is 5.73. The van der Waals surface area contributed by atoms with E-state index in [2.05, 4.69) is 4.98 Å². The molecule has 58 valence electrons. The van der Waals surface area contributed by atoms with Crippen LogP contribution in [0, 0.1) is 0 Å². The molecule has 0 aliphatic heterocycles. The summed E-state index contributed by atoms with van der Waals surface area (Å²) < 4.78 is 4.83. The van der Waals surface area contributed by atoms with Gasteiger partial charge >= 0.3 is 5.97 Å². The lowest BCUT2D eigenvalue weighted by molar-refractivity contribution is -0.139. The van der Waals surface area contributed by atoms with Crippen LogP contribution in [0.1, 0.15) is 0 Å². The molecule has 0 aliphatic carbocycles. The van der Waals surface area contributed by atoms with Crippen LogP contribution in [0.5, 0.6) is 5.75 Å². The van der Waals surface area contributed by atoms with Gasteiger partial charge in [0.05, 0.1) is 0 Å². The number of pyridine rings is 1. The third-order valence-electron chi connectivity index (χ3n) is 1.01. The molecule has 1 heterocycles. The molecule has 4 nitrogen and oxygen atoms in total. The Hall–Kier alpha value is -1.58. The first-order valence-corrected chi connectivity index (χ1v) is 3.03. The Morgan fingerprint density at radius 2 is 2.18 bits per heavy atom. The highest BCUT2D eigenvalue weighted by molar-refractivity contribution is 5.68. The Bertz CT molecular complexity index is 235. The minimum Gasteiger partial charge on any atom is -0.482 e. The SMILES string of the molecule is O=C(O)COc1ccncc1. The van der Waals surface area contributed by atoms with Crippen molar-refractivity contribution >= 4 is 5.97 Å². The van der Waals surface area contributed by atoms with Crippen molar-refractivity contribution in [2.75, 3.05) is 6.61 Å². The van der Waals surface area contributed by atoms with Gasteiger partial charge in [0.2, 0.25) is 0 Å². The molecular formula is C7H7NO3. The number of aliphatic carboxylic acids is 1. The second-order valence-electron chi connectivity index (χ2n) is 1.87. The summed E-state index contributed by atoms with van der Waals surface area (Å²) in [6.07, 6.45) is 3.08. The summed E-state index contributed by atoms with van der Waals surface area (Å²) in [6.45, 7) is -0.315. The number of hydrogen-bond donors (Lipinski definition) is 1. The normalized spacial score (nSPS) is 9.09. The summed E-state index contributed by atoms with van der Waals surface area (Å²) in [6, 6.07) is 3.20. The van der Waals surface area contributed by atoms with E-state index in [0.29, 0.717) is 5.75 Å². The van der Waals surface area contributed by atoms with Gasteiger partial charge in [0.1, 0.15) is 5.75 Å². The van der Waals surface area contributed by atoms with Crippen LogP contribution in [-0.4, -0.2) is 22.7 Å². The van der Waals surface area contributed by atoms with Crippen LogP contribution >= 0.6 is 0 Å². The van der Waals surface area contributed by atoms with Crippen molar-refractivity contribution in [1.29, 1.82) is 0 Å². The highest BCUT2D eigenvalue weighted by Gasteiger charge is 1.96. The Morgan fingerprint density at radius 1 is 1.55 bits per heavy atom. The van der Waals surface area contributed by atoms with Gasteiger partial charge in [-0.2, -0.15) is 0 Å². The first kappa shape index (κ1) is 7.53. The van der Waals surface area contributed by atoms with Gasteiger partial charge < -0.3 is 9.84 Å². The number of carboxylic acid groups (broad SMARTS) is 1. The third kappa shape index (κ3) is 2.66. The van der Waals surface area contributed by atoms with Gasteiger partial charge in [0, 0.05) is 12.4 Å². The van der Waals surface area contributed by atoms with Crippen molar-refractivity contribution in [3.05, 3.63) is 24.5 Å². The highest BCUT2D eigenvalue weighted by Crippen LogP contribution is 2.05. The lowest BCUT2D eigenvalue weighted by Crippen LogP contribution is -2.09. The number of carboxylic acids is 1. The lowest BCUT2D eigenvalue weighted by Gasteiger charge is -1.99. The van der Waals surface area contributed by atoms with Gasteiger partial charge in [0.15, 0.2) is 6.61 Å². The summed E-state index contributed by atoms with van der Waals surface area (Å²) in [5.74, 6) is -0.468. The molecule has 0 fully saturated rings. The molecule has 0 aliphatic rings. The van der Waals surface area contributed by atoms with Crippen LogP contribution in [-0.2, 0) is 4.79 Å². The number of ether oxygens (including phenoxy) is 1. The van der Waals surface area contributed by atoms with E-state index in [-0.39, 0.29) is 6.61 Å². The number of aromatic nitrogens is 1. The maximum absolute atomic E-state index is 10.0. The van der Waals surface area contributed by atoms with E-state index >= 15 is 0 Å². The minimum absolute atomic E-state index is 0.315. The van der Waals surface area contributed by atoms with E-state index in [4.69, 9.17) is 9.84 Å². The van der Waals surface area contributed by atoms with Crippen molar-refractivity contribution in [3.8, 4) is 5.75 Å². The molecule has 0 atom stereocenters. The molecule has 1 aromatic heterocycles. The fraction of sp³-hybridized carbons (Fsp3) is 0.143. The van der Waals surface area contributed by atoms with Gasteiger partial charge in [-0.1, -0.05) is 0 Å². The maximum atomic E-state index is 10.0. The fourth-order valence-electron chi connectivity index (χ4n) is 0.580. The van der Waals surface area contributed by atoms with Gasteiger partial charge in [-0.25, -0.2) is 4.79 Å². The molecule has 11 heavy (non-hydrogen) atoms. The Morgan fingerprint density at radius 3 is 2.73 bits per heavy atom. The number of rotatable bonds is 3. The Labute approximate surface area is 63.5 Å². The molecule has 1 aromatic rings. The third-order valence-corrected chi connectivity index (χ3v) is 1.01. The summed E-state index contributed by atoms with van der Waals surface area (Å²) >= 11 is 0. The first-order chi connectivity index (χ1) is 5.29. The van der Waals surface area contributed by atoms with E-state index in [1.165, 1.54) is 12.4 Å². The molecule has 0 amide bonds. The van der Waals surface area contributed by atoms with E-state index < -0.39 is 5.97 Å². The monoisotopic (exact) mass is 153 g/mol. The second-order valence-corrected chi connectivity index (χ2v) is 1.87. The minimum atomic E-state index is -0.984. The molecule has 4 heteroatoms. The summed E-state index contributed by atoms with van der Waals surface area (Å²) in [7, 11) is 0. The molecule has 1 rings (SSSR count).